The Morgan fingerprint density at radius 1 is 1.17 bits per heavy atom. The van der Waals surface area contributed by atoms with Crippen LogP contribution in [0.25, 0.3) is 0 Å². The molecular formula is C17H15ClN4O. The highest BCUT2D eigenvalue weighted by Crippen LogP contribution is 2.08. The van der Waals surface area contributed by atoms with E-state index in [9.17, 15) is 4.79 Å². The van der Waals surface area contributed by atoms with Gasteiger partial charge in [0.15, 0.2) is 0 Å². The summed E-state index contributed by atoms with van der Waals surface area (Å²) < 4.78 is 1.84. The van der Waals surface area contributed by atoms with Gasteiger partial charge in [-0.2, -0.15) is 5.10 Å². The van der Waals surface area contributed by atoms with Crippen LogP contribution >= 0.6 is 11.6 Å². The fourth-order valence-electron chi connectivity index (χ4n) is 2.16. The number of hydrogen-bond acceptors (Lipinski definition) is 3. The van der Waals surface area contributed by atoms with E-state index in [1.165, 1.54) is 17.8 Å². The molecule has 0 spiro atoms. The van der Waals surface area contributed by atoms with Crippen molar-refractivity contribution in [3.63, 3.8) is 0 Å². The molecular weight excluding hydrogens is 312 g/mol. The highest BCUT2D eigenvalue weighted by molar-refractivity contribution is 6.30. The standard InChI is InChI=1S/C17H15ClN4O/c18-15-6-7-19-16(8-15)17(23)20-9-14-10-21-22(12-14)11-13-4-2-1-3-5-13/h1-8,10,12H,9,11H2,(H,20,23). The first-order valence-corrected chi connectivity index (χ1v) is 7.53. The molecule has 0 saturated carbocycles. The lowest BCUT2D eigenvalue weighted by molar-refractivity contribution is 0.0946. The zero-order valence-corrected chi connectivity index (χ0v) is 13.1. The Labute approximate surface area is 138 Å². The molecule has 116 valence electrons. The van der Waals surface area contributed by atoms with Gasteiger partial charge in [0.1, 0.15) is 5.69 Å². The van der Waals surface area contributed by atoms with Crippen molar-refractivity contribution in [1.29, 1.82) is 0 Å². The molecule has 0 aliphatic heterocycles. The Bertz CT molecular complexity index is 801. The number of carbonyl (C=O) groups is 1. The van der Waals surface area contributed by atoms with Crippen LogP contribution in [0.5, 0.6) is 0 Å². The number of carbonyl (C=O) groups excluding carboxylic acids is 1. The summed E-state index contributed by atoms with van der Waals surface area (Å²) in [5.74, 6) is -0.261. The molecule has 0 radical (unpaired) electrons. The van der Waals surface area contributed by atoms with Crippen molar-refractivity contribution >= 4 is 17.5 Å². The normalized spacial score (nSPS) is 10.5. The molecule has 3 rings (SSSR count). The van der Waals surface area contributed by atoms with E-state index in [0.29, 0.717) is 23.8 Å². The van der Waals surface area contributed by atoms with Gasteiger partial charge in [-0.25, -0.2) is 0 Å². The van der Waals surface area contributed by atoms with Crippen LogP contribution in [0.2, 0.25) is 5.02 Å². The van der Waals surface area contributed by atoms with E-state index < -0.39 is 0 Å². The molecule has 5 nitrogen and oxygen atoms in total. The SMILES string of the molecule is O=C(NCc1cnn(Cc2ccccc2)c1)c1cc(Cl)ccn1. The van der Waals surface area contributed by atoms with Gasteiger partial charge < -0.3 is 5.32 Å². The number of nitrogens with one attached hydrogen (secondary N) is 1. The minimum atomic E-state index is -0.261. The quantitative estimate of drug-likeness (QED) is 0.784. The van der Waals surface area contributed by atoms with E-state index in [1.807, 2.05) is 41.2 Å². The monoisotopic (exact) mass is 326 g/mol. The number of nitrogens with zero attached hydrogens (tertiary/aromatic N) is 3. The Kier molecular flexibility index (Phi) is 4.68. The Morgan fingerprint density at radius 3 is 2.78 bits per heavy atom. The molecule has 1 amide bonds. The van der Waals surface area contributed by atoms with Crippen LogP contribution in [0, 0.1) is 0 Å². The van der Waals surface area contributed by atoms with Gasteiger partial charge in [0, 0.05) is 29.5 Å². The molecule has 0 fully saturated rings. The van der Waals surface area contributed by atoms with Crippen molar-refractivity contribution in [3.05, 3.63) is 82.9 Å². The third-order valence-electron chi connectivity index (χ3n) is 3.28. The minimum Gasteiger partial charge on any atom is -0.347 e. The average Bonchev–Trinajstić information content (AvgIpc) is 3.01. The molecule has 3 aromatic rings. The zero-order chi connectivity index (χ0) is 16.1. The average molecular weight is 327 g/mol. The fraction of sp³-hybridized carbons (Fsp3) is 0.118. The van der Waals surface area contributed by atoms with Gasteiger partial charge in [0.2, 0.25) is 0 Å². The zero-order valence-electron chi connectivity index (χ0n) is 12.3. The van der Waals surface area contributed by atoms with E-state index in [2.05, 4.69) is 15.4 Å². The maximum atomic E-state index is 12.0. The highest BCUT2D eigenvalue weighted by atomic mass is 35.5. The predicted molar refractivity (Wildman–Crippen MR) is 88.2 cm³/mol. The van der Waals surface area contributed by atoms with Gasteiger partial charge in [0.25, 0.3) is 5.91 Å². The van der Waals surface area contributed by atoms with Crippen LogP contribution in [-0.2, 0) is 13.1 Å². The number of rotatable bonds is 5. The van der Waals surface area contributed by atoms with Crippen LogP contribution in [-0.4, -0.2) is 20.7 Å². The third-order valence-corrected chi connectivity index (χ3v) is 3.52. The minimum absolute atomic E-state index is 0.261. The van der Waals surface area contributed by atoms with Crippen molar-refractivity contribution in [2.24, 2.45) is 0 Å². The van der Waals surface area contributed by atoms with Gasteiger partial charge in [-0.05, 0) is 17.7 Å². The first-order valence-electron chi connectivity index (χ1n) is 7.16. The molecule has 0 unspecified atom stereocenters. The second-order valence-electron chi connectivity index (χ2n) is 5.07. The Hall–Kier alpha value is -2.66. The van der Waals surface area contributed by atoms with Crippen LogP contribution in [0.4, 0.5) is 0 Å². The molecule has 0 aliphatic carbocycles. The van der Waals surface area contributed by atoms with Crippen LogP contribution < -0.4 is 5.32 Å². The molecule has 6 heteroatoms. The van der Waals surface area contributed by atoms with E-state index in [0.717, 1.165) is 5.56 Å². The molecule has 0 saturated heterocycles. The highest BCUT2D eigenvalue weighted by Gasteiger charge is 2.08. The first-order chi connectivity index (χ1) is 11.2. The lowest BCUT2D eigenvalue weighted by atomic mass is 10.2. The van der Waals surface area contributed by atoms with Crippen molar-refractivity contribution < 1.29 is 4.79 Å². The Morgan fingerprint density at radius 2 is 2.00 bits per heavy atom. The van der Waals surface area contributed by atoms with E-state index in [1.54, 1.807) is 12.3 Å². The van der Waals surface area contributed by atoms with E-state index in [-0.39, 0.29) is 5.91 Å². The summed E-state index contributed by atoms with van der Waals surface area (Å²) in [5.41, 5.74) is 2.40. The number of amides is 1. The summed E-state index contributed by atoms with van der Waals surface area (Å²) >= 11 is 5.85. The van der Waals surface area contributed by atoms with Gasteiger partial charge in [0.05, 0.1) is 12.7 Å². The number of halogens is 1. The van der Waals surface area contributed by atoms with Crippen molar-refractivity contribution in [1.82, 2.24) is 20.1 Å². The lowest BCUT2D eigenvalue weighted by Gasteiger charge is -2.03. The smallest absolute Gasteiger partial charge is 0.270 e. The van der Waals surface area contributed by atoms with Crippen LogP contribution in [0.15, 0.2) is 61.1 Å². The molecule has 23 heavy (non-hydrogen) atoms. The molecule has 1 aromatic carbocycles. The summed E-state index contributed by atoms with van der Waals surface area (Å²) in [4.78, 5) is 16.0. The topological polar surface area (TPSA) is 59.8 Å². The number of aromatic nitrogens is 3. The molecule has 0 bridgehead atoms. The maximum Gasteiger partial charge on any atom is 0.270 e. The van der Waals surface area contributed by atoms with Crippen molar-refractivity contribution in [3.8, 4) is 0 Å². The molecule has 0 aliphatic rings. The maximum absolute atomic E-state index is 12.0. The van der Waals surface area contributed by atoms with Crippen molar-refractivity contribution in [2.45, 2.75) is 13.1 Å². The summed E-state index contributed by atoms with van der Waals surface area (Å²) in [6, 6.07) is 13.2. The summed E-state index contributed by atoms with van der Waals surface area (Å²) in [5, 5.41) is 7.60. The van der Waals surface area contributed by atoms with E-state index in [4.69, 9.17) is 11.6 Å². The number of pyridine rings is 1. The second kappa shape index (κ2) is 7.07. The van der Waals surface area contributed by atoms with Gasteiger partial charge in [-0.1, -0.05) is 41.9 Å². The second-order valence-corrected chi connectivity index (χ2v) is 5.51. The van der Waals surface area contributed by atoms with Crippen LogP contribution in [0.1, 0.15) is 21.6 Å². The van der Waals surface area contributed by atoms with Gasteiger partial charge in [-0.15, -0.1) is 0 Å². The molecule has 0 atom stereocenters. The first kappa shape index (κ1) is 15.2. The van der Waals surface area contributed by atoms with Crippen molar-refractivity contribution in [2.75, 3.05) is 0 Å². The molecule has 1 N–H and O–H groups in total. The number of benzene rings is 1. The van der Waals surface area contributed by atoms with E-state index >= 15 is 0 Å². The fourth-order valence-corrected chi connectivity index (χ4v) is 2.32. The number of hydrogen-bond donors (Lipinski definition) is 1. The summed E-state index contributed by atoms with van der Waals surface area (Å²) in [6.07, 6.45) is 5.17. The third kappa shape index (κ3) is 4.17. The summed E-state index contributed by atoms with van der Waals surface area (Å²) in [7, 11) is 0. The van der Waals surface area contributed by atoms with Gasteiger partial charge in [-0.3, -0.25) is 14.5 Å². The molecule has 2 aromatic heterocycles. The Balaban J connectivity index is 1.58. The molecule has 2 heterocycles. The lowest BCUT2D eigenvalue weighted by Crippen LogP contribution is -2.23. The largest absolute Gasteiger partial charge is 0.347 e. The summed E-state index contributed by atoms with van der Waals surface area (Å²) in [6.45, 7) is 1.09. The van der Waals surface area contributed by atoms with Crippen LogP contribution in [0.3, 0.4) is 0 Å². The van der Waals surface area contributed by atoms with Gasteiger partial charge >= 0.3 is 0 Å². The predicted octanol–water partition coefficient (Wildman–Crippen LogP) is 2.91.